The number of nitrogens with zero attached hydrogens (tertiary/aromatic N) is 2. The minimum atomic E-state index is 0.00459. The summed E-state index contributed by atoms with van der Waals surface area (Å²) in [7, 11) is 0. The van der Waals surface area contributed by atoms with Crippen LogP contribution in [0.4, 0.5) is 5.69 Å². The third-order valence-corrected chi connectivity index (χ3v) is 7.00. The van der Waals surface area contributed by atoms with Gasteiger partial charge in [-0.3, -0.25) is 9.59 Å². The number of rotatable bonds is 6. The zero-order valence-corrected chi connectivity index (χ0v) is 19.0. The van der Waals surface area contributed by atoms with Crippen LogP contribution in [0.1, 0.15) is 34.8 Å². The number of anilines is 1. The van der Waals surface area contributed by atoms with Gasteiger partial charge in [0, 0.05) is 55.4 Å². The zero-order chi connectivity index (χ0) is 22.0. The molecule has 0 aliphatic carbocycles. The molecule has 0 saturated carbocycles. The van der Waals surface area contributed by atoms with Crippen LogP contribution >= 0.6 is 11.6 Å². The highest BCUT2D eigenvalue weighted by Crippen LogP contribution is 2.32. The molecule has 1 N–H and O–H groups in total. The van der Waals surface area contributed by atoms with Gasteiger partial charge in [-0.1, -0.05) is 42.8 Å². The van der Waals surface area contributed by atoms with E-state index < -0.39 is 0 Å². The smallest absolute Gasteiger partial charge is 0.254 e. The molecule has 0 spiro atoms. The highest BCUT2D eigenvalue weighted by Gasteiger charge is 2.41. The summed E-state index contributed by atoms with van der Waals surface area (Å²) in [6.45, 7) is 8.30. The Kier molecular flexibility index (Phi) is 6.63. The lowest BCUT2D eigenvalue weighted by molar-refractivity contribution is -0.116. The molecule has 5 nitrogen and oxygen atoms in total. The van der Waals surface area contributed by atoms with E-state index in [9.17, 15) is 9.59 Å². The fourth-order valence-corrected chi connectivity index (χ4v) is 4.98. The molecular formula is C25H30ClN3O2. The highest BCUT2D eigenvalue weighted by molar-refractivity contribution is 6.31. The van der Waals surface area contributed by atoms with Crippen LogP contribution in [0.5, 0.6) is 0 Å². The van der Waals surface area contributed by atoms with E-state index in [4.69, 9.17) is 11.6 Å². The molecule has 2 atom stereocenters. The molecule has 0 bridgehead atoms. The van der Waals surface area contributed by atoms with Crippen LogP contribution in [0.2, 0.25) is 5.02 Å². The zero-order valence-electron chi connectivity index (χ0n) is 18.2. The number of aryl methyl sites for hydroxylation is 2. The van der Waals surface area contributed by atoms with Crippen molar-refractivity contribution in [2.45, 2.75) is 26.7 Å². The average molecular weight is 440 g/mol. The third-order valence-electron chi connectivity index (χ3n) is 6.59. The Bertz CT molecular complexity index is 963. The second-order valence-electron chi connectivity index (χ2n) is 8.76. The van der Waals surface area contributed by atoms with Gasteiger partial charge in [-0.2, -0.15) is 0 Å². The van der Waals surface area contributed by atoms with E-state index in [1.54, 1.807) is 6.07 Å². The number of fused-ring (bicyclic) bond motifs is 1. The molecule has 6 heteroatoms. The maximum absolute atomic E-state index is 13.0. The van der Waals surface area contributed by atoms with E-state index in [1.807, 2.05) is 48.2 Å². The van der Waals surface area contributed by atoms with E-state index in [0.717, 1.165) is 61.5 Å². The number of benzene rings is 2. The maximum Gasteiger partial charge on any atom is 0.254 e. The number of nitrogens with one attached hydrogen (secondary N) is 1. The Morgan fingerprint density at radius 1 is 1.06 bits per heavy atom. The van der Waals surface area contributed by atoms with Gasteiger partial charge in [0.05, 0.1) is 0 Å². The first-order valence-corrected chi connectivity index (χ1v) is 11.5. The SMILES string of the molecule is CCc1ccccc1C(=O)N1CC2CN(CCC(=O)Nc3ccc(C)c(Cl)c3)CC2C1. The molecule has 164 valence electrons. The van der Waals surface area contributed by atoms with Crippen LogP contribution < -0.4 is 5.32 Å². The largest absolute Gasteiger partial charge is 0.338 e. The van der Waals surface area contributed by atoms with Crippen molar-refractivity contribution in [3.8, 4) is 0 Å². The topological polar surface area (TPSA) is 52.7 Å². The van der Waals surface area contributed by atoms with Crippen molar-refractivity contribution < 1.29 is 9.59 Å². The van der Waals surface area contributed by atoms with Gasteiger partial charge < -0.3 is 15.1 Å². The number of likely N-dealkylation sites (tertiary alicyclic amines) is 2. The Labute approximate surface area is 189 Å². The van der Waals surface area contributed by atoms with Crippen molar-refractivity contribution in [1.29, 1.82) is 0 Å². The fraction of sp³-hybridized carbons (Fsp3) is 0.440. The van der Waals surface area contributed by atoms with Crippen molar-refractivity contribution >= 4 is 29.1 Å². The molecule has 4 rings (SSSR count). The van der Waals surface area contributed by atoms with Crippen molar-refractivity contribution in [2.75, 3.05) is 38.0 Å². The van der Waals surface area contributed by atoms with Crippen LogP contribution in [0.3, 0.4) is 0 Å². The first kappa shape index (κ1) is 21.8. The van der Waals surface area contributed by atoms with Crippen molar-refractivity contribution in [3.05, 3.63) is 64.2 Å². The van der Waals surface area contributed by atoms with Crippen LogP contribution in [0.15, 0.2) is 42.5 Å². The Balaban J connectivity index is 1.25. The second-order valence-corrected chi connectivity index (χ2v) is 9.17. The minimum Gasteiger partial charge on any atom is -0.338 e. The molecule has 2 unspecified atom stereocenters. The molecular weight excluding hydrogens is 410 g/mol. The van der Waals surface area contributed by atoms with Crippen molar-refractivity contribution in [3.63, 3.8) is 0 Å². The van der Waals surface area contributed by atoms with Gasteiger partial charge in [-0.05, 0) is 54.5 Å². The first-order chi connectivity index (χ1) is 14.9. The van der Waals surface area contributed by atoms with Gasteiger partial charge in [0.1, 0.15) is 0 Å². The Morgan fingerprint density at radius 3 is 2.45 bits per heavy atom. The number of carbonyl (C=O) groups is 2. The molecule has 2 aromatic carbocycles. The fourth-order valence-electron chi connectivity index (χ4n) is 4.80. The van der Waals surface area contributed by atoms with E-state index in [2.05, 4.69) is 17.1 Å². The molecule has 31 heavy (non-hydrogen) atoms. The van der Waals surface area contributed by atoms with Crippen molar-refractivity contribution in [2.24, 2.45) is 11.8 Å². The summed E-state index contributed by atoms with van der Waals surface area (Å²) >= 11 is 6.13. The Hall–Kier alpha value is -2.37. The molecule has 2 amide bonds. The van der Waals surface area contributed by atoms with Crippen LogP contribution in [0, 0.1) is 18.8 Å². The van der Waals surface area contributed by atoms with Gasteiger partial charge in [-0.15, -0.1) is 0 Å². The molecule has 0 aromatic heterocycles. The predicted molar refractivity (Wildman–Crippen MR) is 125 cm³/mol. The second kappa shape index (κ2) is 9.41. The normalized spacial score (nSPS) is 20.7. The molecule has 2 aliphatic heterocycles. The lowest BCUT2D eigenvalue weighted by Crippen LogP contribution is -2.34. The number of halogens is 1. The summed E-state index contributed by atoms with van der Waals surface area (Å²) in [6, 6.07) is 13.5. The molecule has 2 aliphatic rings. The standard InChI is InChI=1S/C25H30ClN3O2/c1-3-18-6-4-5-7-22(18)25(31)29-15-19-13-28(14-20(19)16-29)11-10-24(30)27-21-9-8-17(2)23(26)12-21/h4-9,12,19-20H,3,10-11,13-16H2,1-2H3,(H,27,30). The minimum absolute atomic E-state index is 0.00459. The number of carbonyl (C=O) groups excluding carboxylic acids is 2. The summed E-state index contributed by atoms with van der Waals surface area (Å²) < 4.78 is 0. The van der Waals surface area contributed by atoms with Crippen LogP contribution in [-0.4, -0.2) is 54.3 Å². The van der Waals surface area contributed by atoms with Gasteiger partial charge in [-0.25, -0.2) is 0 Å². The number of hydrogen-bond donors (Lipinski definition) is 1. The first-order valence-electron chi connectivity index (χ1n) is 11.1. The number of hydrogen-bond acceptors (Lipinski definition) is 3. The molecule has 2 fully saturated rings. The summed E-state index contributed by atoms with van der Waals surface area (Å²) in [5.74, 6) is 1.16. The predicted octanol–water partition coefficient (Wildman–Crippen LogP) is 4.24. The molecule has 0 radical (unpaired) electrons. The van der Waals surface area contributed by atoms with E-state index in [1.165, 1.54) is 0 Å². The highest BCUT2D eigenvalue weighted by atomic mass is 35.5. The summed E-state index contributed by atoms with van der Waals surface area (Å²) in [5.41, 5.74) is 3.69. The van der Waals surface area contributed by atoms with E-state index in [-0.39, 0.29) is 11.8 Å². The molecule has 2 heterocycles. The summed E-state index contributed by atoms with van der Waals surface area (Å²) in [5, 5.41) is 3.59. The monoisotopic (exact) mass is 439 g/mol. The van der Waals surface area contributed by atoms with Crippen LogP contribution in [-0.2, 0) is 11.2 Å². The maximum atomic E-state index is 13.0. The van der Waals surface area contributed by atoms with Gasteiger partial charge >= 0.3 is 0 Å². The lowest BCUT2D eigenvalue weighted by atomic mass is 10.0. The van der Waals surface area contributed by atoms with Gasteiger partial charge in [0.25, 0.3) is 5.91 Å². The molecule has 2 saturated heterocycles. The van der Waals surface area contributed by atoms with Gasteiger partial charge in [0.2, 0.25) is 5.91 Å². The van der Waals surface area contributed by atoms with E-state index >= 15 is 0 Å². The quantitative estimate of drug-likeness (QED) is 0.732. The van der Waals surface area contributed by atoms with Crippen LogP contribution in [0.25, 0.3) is 0 Å². The van der Waals surface area contributed by atoms with Gasteiger partial charge in [0.15, 0.2) is 0 Å². The molecule has 2 aromatic rings. The Morgan fingerprint density at radius 2 is 1.77 bits per heavy atom. The van der Waals surface area contributed by atoms with E-state index in [0.29, 0.717) is 23.3 Å². The number of amides is 2. The lowest BCUT2D eigenvalue weighted by Gasteiger charge is -2.22. The average Bonchev–Trinajstić information content (AvgIpc) is 3.33. The third kappa shape index (κ3) is 4.94. The van der Waals surface area contributed by atoms with Crippen molar-refractivity contribution in [1.82, 2.24) is 9.80 Å². The summed E-state index contributed by atoms with van der Waals surface area (Å²) in [6.07, 6.45) is 1.32. The summed E-state index contributed by atoms with van der Waals surface area (Å²) in [4.78, 5) is 29.7.